The number of ether oxygens (including phenoxy) is 2. The first-order valence-electron chi connectivity index (χ1n) is 8.33. The van der Waals surface area contributed by atoms with E-state index in [1.807, 2.05) is 37.3 Å². The first kappa shape index (κ1) is 18.3. The quantitative estimate of drug-likeness (QED) is 0.580. The van der Waals surface area contributed by atoms with Gasteiger partial charge in [-0.2, -0.15) is 0 Å². The molecule has 0 fully saturated rings. The smallest absolute Gasteiger partial charge is 0.304 e. The topological polar surface area (TPSA) is 68.7 Å². The van der Waals surface area contributed by atoms with Gasteiger partial charge >= 0.3 is 5.97 Å². The van der Waals surface area contributed by atoms with Gasteiger partial charge in [0.2, 0.25) is 0 Å². The molecule has 0 radical (unpaired) electrons. The Morgan fingerprint density at radius 3 is 2.96 bits per heavy atom. The van der Waals surface area contributed by atoms with Crippen LogP contribution in [0.4, 0.5) is 0 Å². The van der Waals surface area contributed by atoms with Crippen molar-refractivity contribution in [3.8, 4) is 21.4 Å². The van der Waals surface area contributed by atoms with Gasteiger partial charge in [-0.3, -0.25) is 4.79 Å². The predicted molar refractivity (Wildman–Crippen MR) is 106 cm³/mol. The van der Waals surface area contributed by atoms with Gasteiger partial charge in [0.25, 0.3) is 0 Å². The average Bonchev–Trinajstić information content (AvgIpc) is 3.32. The molecular weight excluding hydrogens is 406 g/mol. The summed E-state index contributed by atoms with van der Waals surface area (Å²) >= 11 is 9.12. The maximum Gasteiger partial charge on any atom is 0.304 e. The van der Waals surface area contributed by atoms with Crippen LogP contribution in [0.2, 0.25) is 4.34 Å². The van der Waals surface area contributed by atoms with Crippen molar-refractivity contribution in [1.82, 2.24) is 4.98 Å². The molecule has 1 aromatic carbocycles. The number of aliphatic carboxylic acids is 1. The fourth-order valence-corrected chi connectivity index (χ4v) is 5.05. The molecule has 0 saturated carbocycles. The summed E-state index contributed by atoms with van der Waals surface area (Å²) in [6.07, 6.45) is 0.0722. The maximum absolute atomic E-state index is 10.9. The predicted octanol–water partition coefficient (Wildman–Crippen LogP) is 5.36. The third-order valence-electron chi connectivity index (χ3n) is 4.33. The summed E-state index contributed by atoms with van der Waals surface area (Å²) in [5, 5.41) is 9.93. The molecule has 1 aliphatic rings. The zero-order valence-electron chi connectivity index (χ0n) is 14.4. The summed E-state index contributed by atoms with van der Waals surface area (Å²) in [5.41, 5.74) is 1.87. The summed E-state index contributed by atoms with van der Waals surface area (Å²) in [4.78, 5) is 17.7. The van der Waals surface area contributed by atoms with E-state index in [9.17, 15) is 4.79 Å². The maximum atomic E-state index is 10.9. The number of thiazole rings is 1. The third-order valence-corrected chi connectivity index (χ3v) is 6.86. The normalized spacial score (nSPS) is 15.4. The highest BCUT2D eigenvalue weighted by Gasteiger charge is 2.26. The van der Waals surface area contributed by atoms with Crippen molar-refractivity contribution in [3.63, 3.8) is 0 Å². The Labute approximate surface area is 169 Å². The van der Waals surface area contributed by atoms with Crippen LogP contribution in [0, 0.1) is 6.92 Å². The van der Waals surface area contributed by atoms with Gasteiger partial charge in [0.15, 0.2) is 0 Å². The molecule has 0 bridgehead atoms. The standard InChI is InChI=1S/C19H16ClNO4S2/c1-10-16(27-19(21-10)15-4-5-17(20)26-15)9-24-12-2-3-13-11(6-18(22)23)8-25-14(13)7-12/h2-5,7,11H,6,8-9H2,1H3,(H,22,23). The van der Waals surface area contributed by atoms with Crippen LogP contribution in [0.25, 0.3) is 9.88 Å². The molecule has 0 saturated heterocycles. The lowest BCUT2D eigenvalue weighted by molar-refractivity contribution is -0.137. The van der Waals surface area contributed by atoms with Crippen LogP contribution in [0.15, 0.2) is 30.3 Å². The number of benzene rings is 1. The molecule has 0 amide bonds. The molecule has 3 heterocycles. The number of aromatic nitrogens is 1. The molecular formula is C19H16ClNO4S2. The summed E-state index contributed by atoms with van der Waals surface area (Å²) in [7, 11) is 0. The highest BCUT2D eigenvalue weighted by Crippen LogP contribution is 2.39. The Morgan fingerprint density at radius 1 is 1.37 bits per heavy atom. The Hall–Kier alpha value is -2.09. The van der Waals surface area contributed by atoms with Crippen molar-refractivity contribution >= 4 is 40.2 Å². The summed E-state index contributed by atoms with van der Waals surface area (Å²) < 4.78 is 12.3. The molecule has 0 aliphatic carbocycles. The van der Waals surface area contributed by atoms with Gasteiger partial charge in [-0.1, -0.05) is 17.7 Å². The lowest BCUT2D eigenvalue weighted by Crippen LogP contribution is -2.07. The number of hydrogen-bond donors (Lipinski definition) is 1. The third kappa shape index (κ3) is 3.95. The van der Waals surface area contributed by atoms with Gasteiger partial charge in [0.1, 0.15) is 23.1 Å². The van der Waals surface area contributed by atoms with Gasteiger partial charge in [0.05, 0.1) is 32.8 Å². The molecule has 1 atom stereocenters. The Bertz CT molecular complexity index is 998. The van der Waals surface area contributed by atoms with Crippen molar-refractivity contribution in [2.24, 2.45) is 0 Å². The average molecular weight is 422 g/mol. The van der Waals surface area contributed by atoms with Crippen molar-refractivity contribution in [2.45, 2.75) is 25.9 Å². The number of rotatable bonds is 6. The van der Waals surface area contributed by atoms with Crippen LogP contribution in [-0.2, 0) is 11.4 Å². The molecule has 1 N–H and O–H groups in total. The minimum absolute atomic E-state index is 0.0722. The number of carboxylic acid groups (broad SMARTS) is 1. The zero-order chi connectivity index (χ0) is 19.0. The Morgan fingerprint density at radius 2 is 2.22 bits per heavy atom. The number of halogens is 1. The first-order valence-corrected chi connectivity index (χ1v) is 10.3. The highest BCUT2D eigenvalue weighted by atomic mass is 35.5. The number of thiophene rings is 1. The van der Waals surface area contributed by atoms with E-state index in [2.05, 4.69) is 4.98 Å². The van der Waals surface area contributed by atoms with Crippen LogP contribution in [-0.4, -0.2) is 22.7 Å². The van der Waals surface area contributed by atoms with Crippen molar-refractivity contribution < 1.29 is 19.4 Å². The molecule has 8 heteroatoms. The van der Waals surface area contributed by atoms with Crippen LogP contribution >= 0.6 is 34.3 Å². The second-order valence-corrected chi connectivity index (χ2v) is 9.02. The van der Waals surface area contributed by atoms with Gasteiger partial charge in [-0.15, -0.1) is 22.7 Å². The van der Waals surface area contributed by atoms with Gasteiger partial charge in [0, 0.05) is 17.5 Å². The SMILES string of the molecule is Cc1nc(-c2ccc(Cl)s2)sc1COc1ccc2c(c1)OCC2CC(=O)O. The van der Waals surface area contributed by atoms with Gasteiger partial charge < -0.3 is 14.6 Å². The van der Waals surface area contributed by atoms with Gasteiger partial charge in [-0.25, -0.2) is 4.98 Å². The van der Waals surface area contributed by atoms with Crippen molar-refractivity contribution in [1.29, 1.82) is 0 Å². The zero-order valence-corrected chi connectivity index (χ0v) is 16.8. The van der Waals surface area contributed by atoms with E-state index in [0.717, 1.165) is 30.4 Å². The number of carbonyl (C=O) groups is 1. The molecule has 27 heavy (non-hydrogen) atoms. The first-order chi connectivity index (χ1) is 13.0. The monoisotopic (exact) mass is 421 g/mol. The lowest BCUT2D eigenvalue weighted by Gasteiger charge is -2.08. The molecule has 1 unspecified atom stereocenters. The Balaban J connectivity index is 1.45. The van der Waals surface area contributed by atoms with E-state index in [4.69, 9.17) is 26.2 Å². The second kappa shape index (κ2) is 7.50. The largest absolute Gasteiger partial charge is 0.492 e. The number of fused-ring (bicyclic) bond motifs is 1. The molecule has 3 aromatic rings. The van der Waals surface area contributed by atoms with Crippen molar-refractivity contribution in [2.75, 3.05) is 6.61 Å². The van der Waals surface area contributed by atoms with Crippen LogP contribution in [0.1, 0.15) is 28.5 Å². The fraction of sp³-hybridized carbons (Fsp3) is 0.263. The molecule has 4 rings (SSSR count). The van der Waals surface area contributed by atoms with E-state index in [1.165, 1.54) is 11.3 Å². The van der Waals surface area contributed by atoms with Crippen LogP contribution < -0.4 is 9.47 Å². The van der Waals surface area contributed by atoms with Crippen molar-refractivity contribution in [3.05, 3.63) is 50.8 Å². The molecule has 140 valence electrons. The minimum atomic E-state index is -0.819. The number of hydrogen-bond acceptors (Lipinski definition) is 6. The summed E-state index contributed by atoms with van der Waals surface area (Å²) in [6.45, 7) is 2.78. The van der Waals surface area contributed by atoms with E-state index in [1.54, 1.807) is 11.3 Å². The second-order valence-electron chi connectivity index (χ2n) is 6.23. The lowest BCUT2D eigenvalue weighted by atomic mass is 9.98. The highest BCUT2D eigenvalue weighted by molar-refractivity contribution is 7.23. The molecule has 2 aromatic heterocycles. The number of aryl methyl sites for hydroxylation is 1. The van der Waals surface area contributed by atoms with E-state index < -0.39 is 5.97 Å². The number of nitrogens with zero attached hydrogens (tertiary/aromatic N) is 1. The molecule has 1 aliphatic heterocycles. The van der Waals surface area contributed by atoms with Crippen LogP contribution in [0.5, 0.6) is 11.5 Å². The summed E-state index contributed by atoms with van der Waals surface area (Å²) in [6, 6.07) is 9.42. The van der Waals surface area contributed by atoms with Crippen LogP contribution in [0.3, 0.4) is 0 Å². The molecule has 5 nitrogen and oxygen atoms in total. The van der Waals surface area contributed by atoms with Gasteiger partial charge in [-0.05, 0) is 25.1 Å². The number of carboxylic acids is 1. The van der Waals surface area contributed by atoms with E-state index in [0.29, 0.717) is 24.7 Å². The summed E-state index contributed by atoms with van der Waals surface area (Å²) in [5.74, 6) is 0.475. The molecule has 0 spiro atoms. The fourth-order valence-electron chi connectivity index (χ4n) is 2.97. The minimum Gasteiger partial charge on any atom is -0.492 e. The van der Waals surface area contributed by atoms with E-state index >= 15 is 0 Å². The Kier molecular flexibility index (Phi) is 5.08. The van der Waals surface area contributed by atoms with E-state index in [-0.39, 0.29) is 12.3 Å².